The van der Waals surface area contributed by atoms with Crippen LogP contribution in [0.2, 0.25) is 0 Å². The number of hydrogen-bond donors (Lipinski definition) is 1. The van der Waals surface area contributed by atoms with Crippen molar-refractivity contribution in [2.24, 2.45) is 5.41 Å². The van der Waals surface area contributed by atoms with Crippen LogP contribution in [0.25, 0.3) is 0 Å². The molecular weight excluding hydrogens is 446 g/mol. The minimum absolute atomic E-state index is 0.0834. The molecule has 2 aliphatic rings. The quantitative estimate of drug-likeness (QED) is 0.656. The Morgan fingerprint density at radius 1 is 1.20 bits per heavy atom. The van der Waals surface area contributed by atoms with Gasteiger partial charge in [0.15, 0.2) is 0 Å². The van der Waals surface area contributed by atoms with E-state index in [1.165, 1.54) is 5.56 Å². The van der Waals surface area contributed by atoms with E-state index in [9.17, 15) is 9.90 Å². The summed E-state index contributed by atoms with van der Waals surface area (Å²) in [5.41, 5.74) is -0.205. The van der Waals surface area contributed by atoms with E-state index in [2.05, 4.69) is 24.0 Å². The summed E-state index contributed by atoms with van der Waals surface area (Å²) in [5, 5.41) is 20.7. The maximum atomic E-state index is 12.7. The van der Waals surface area contributed by atoms with Crippen LogP contribution >= 0.6 is 0 Å². The Bertz CT molecular complexity index is 1040. The third kappa shape index (κ3) is 5.14. The number of carbonyl (C=O) groups is 1. The lowest BCUT2D eigenvalue weighted by atomic mass is 9.62. The monoisotopic (exact) mass is 483 g/mol. The molecule has 0 aliphatic carbocycles. The fourth-order valence-electron chi connectivity index (χ4n) is 4.83. The zero-order valence-corrected chi connectivity index (χ0v) is 21.6. The van der Waals surface area contributed by atoms with Gasteiger partial charge in [-0.1, -0.05) is 45.0 Å². The van der Waals surface area contributed by atoms with Crippen LogP contribution in [0.1, 0.15) is 70.6 Å². The van der Waals surface area contributed by atoms with Crippen molar-refractivity contribution in [2.45, 2.75) is 71.2 Å². The van der Waals surface area contributed by atoms with Crippen LogP contribution in [0.15, 0.2) is 36.5 Å². The van der Waals surface area contributed by atoms with Gasteiger partial charge in [0.2, 0.25) is 5.88 Å². The van der Waals surface area contributed by atoms with E-state index < -0.39 is 16.6 Å². The third-order valence-corrected chi connectivity index (χ3v) is 6.83. The molecule has 0 bridgehead atoms. The highest BCUT2D eigenvalue weighted by Crippen LogP contribution is 2.51. The number of aliphatic hydroxyl groups is 1. The van der Waals surface area contributed by atoms with E-state index >= 15 is 0 Å². The Balaban J connectivity index is 1.68. The average Bonchev–Trinajstić information content (AvgIpc) is 3.28. The first-order chi connectivity index (χ1) is 16.4. The summed E-state index contributed by atoms with van der Waals surface area (Å²) in [6.45, 7) is 13.6. The maximum absolute atomic E-state index is 12.7. The van der Waals surface area contributed by atoms with E-state index in [4.69, 9.17) is 14.2 Å². The Hall–Kier alpha value is -2.71. The number of carbonyl (C=O) groups excluding carboxylic acids is 1. The number of benzene rings is 1. The fraction of sp³-hybridized carbons (Fsp3) is 0.593. The van der Waals surface area contributed by atoms with Gasteiger partial charge in [-0.15, -0.1) is 5.10 Å². The number of rotatable bonds is 6. The van der Waals surface area contributed by atoms with Crippen molar-refractivity contribution < 1.29 is 24.1 Å². The molecule has 3 heterocycles. The minimum Gasteiger partial charge on any atom is -0.471 e. The smallest absolute Gasteiger partial charge is 0.410 e. The van der Waals surface area contributed by atoms with Crippen molar-refractivity contribution >= 4 is 6.09 Å². The van der Waals surface area contributed by atoms with Crippen molar-refractivity contribution in [2.75, 3.05) is 26.3 Å². The molecule has 2 aliphatic heterocycles. The molecular formula is C27H37N3O5. The molecule has 1 N–H and O–H groups in total. The molecule has 190 valence electrons. The number of nitrogens with zero attached hydrogens (tertiary/aromatic N) is 3. The first kappa shape index (κ1) is 25.4. The van der Waals surface area contributed by atoms with E-state index in [0.717, 1.165) is 12.0 Å². The average molecular weight is 484 g/mol. The van der Waals surface area contributed by atoms with E-state index in [1.807, 2.05) is 52.0 Å². The first-order valence-corrected chi connectivity index (χ1v) is 12.3. The van der Waals surface area contributed by atoms with Gasteiger partial charge in [-0.2, -0.15) is 5.10 Å². The second kappa shape index (κ2) is 9.39. The molecule has 4 rings (SSSR count). The molecule has 1 aromatic heterocycles. The van der Waals surface area contributed by atoms with E-state index in [0.29, 0.717) is 43.7 Å². The molecule has 1 aromatic carbocycles. The van der Waals surface area contributed by atoms with Crippen LogP contribution in [-0.4, -0.2) is 64.3 Å². The molecule has 8 heteroatoms. The summed E-state index contributed by atoms with van der Waals surface area (Å²) in [7, 11) is 0. The highest BCUT2D eigenvalue weighted by molar-refractivity contribution is 5.70. The molecule has 35 heavy (non-hydrogen) atoms. The summed E-state index contributed by atoms with van der Waals surface area (Å²) in [5.74, 6) is 0.720. The standard InChI is InChI=1S/C27H37N3O5/c1-18(2)19-7-9-20(10-8-19)27(32,26(6)16-30(17-26)24(31)35-25(3,4)5)21-13-23(29-28-14-21)34-22-11-12-33-15-22/h7-10,13-14,18,22,32H,11-12,15-17H2,1-6H3/t22-,27?/m0/s1. The molecule has 0 radical (unpaired) electrons. The van der Waals surface area contributed by atoms with Crippen molar-refractivity contribution in [1.82, 2.24) is 15.1 Å². The molecule has 0 spiro atoms. The van der Waals surface area contributed by atoms with Crippen LogP contribution < -0.4 is 4.74 Å². The Morgan fingerprint density at radius 3 is 2.46 bits per heavy atom. The van der Waals surface area contributed by atoms with Gasteiger partial charge in [-0.3, -0.25) is 0 Å². The maximum Gasteiger partial charge on any atom is 0.410 e. The zero-order valence-electron chi connectivity index (χ0n) is 21.6. The Morgan fingerprint density at radius 2 is 1.89 bits per heavy atom. The van der Waals surface area contributed by atoms with Gasteiger partial charge in [0, 0.05) is 36.6 Å². The van der Waals surface area contributed by atoms with Crippen molar-refractivity contribution in [3.8, 4) is 5.88 Å². The predicted octanol–water partition coefficient (Wildman–Crippen LogP) is 4.26. The molecule has 1 unspecified atom stereocenters. The highest BCUT2D eigenvalue weighted by atomic mass is 16.6. The summed E-state index contributed by atoms with van der Waals surface area (Å²) in [6.07, 6.45) is 1.90. The van der Waals surface area contributed by atoms with Crippen LogP contribution in [-0.2, 0) is 15.1 Å². The highest BCUT2D eigenvalue weighted by Gasteiger charge is 2.58. The van der Waals surface area contributed by atoms with E-state index in [1.54, 1.807) is 17.2 Å². The van der Waals surface area contributed by atoms with Crippen LogP contribution in [0.3, 0.4) is 0 Å². The molecule has 2 fully saturated rings. The van der Waals surface area contributed by atoms with Crippen molar-refractivity contribution in [3.05, 3.63) is 53.2 Å². The zero-order chi connectivity index (χ0) is 25.4. The van der Waals surface area contributed by atoms with Crippen LogP contribution in [0.4, 0.5) is 4.79 Å². The van der Waals surface area contributed by atoms with Gasteiger partial charge in [0.25, 0.3) is 0 Å². The van der Waals surface area contributed by atoms with Gasteiger partial charge in [0.05, 0.1) is 19.4 Å². The summed E-state index contributed by atoms with van der Waals surface area (Å²) in [4.78, 5) is 14.3. The van der Waals surface area contributed by atoms with Gasteiger partial charge in [0.1, 0.15) is 17.3 Å². The molecule has 0 saturated carbocycles. The third-order valence-electron chi connectivity index (χ3n) is 6.83. The van der Waals surface area contributed by atoms with Crippen molar-refractivity contribution in [1.29, 1.82) is 0 Å². The topological polar surface area (TPSA) is 94.0 Å². The van der Waals surface area contributed by atoms with Gasteiger partial charge < -0.3 is 24.2 Å². The molecule has 2 aromatic rings. The van der Waals surface area contributed by atoms with Gasteiger partial charge >= 0.3 is 6.09 Å². The second-order valence-electron chi connectivity index (χ2n) is 11.3. The Kier molecular flexibility index (Phi) is 6.81. The first-order valence-electron chi connectivity index (χ1n) is 12.3. The summed E-state index contributed by atoms with van der Waals surface area (Å²) in [6, 6.07) is 9.76. The van der Waals surface area contributed by atoms with Crippen LogP contribution in [0.5, 0.6) is 5.88 Å². The van der Waals surface area contributed by atoms with Gasteiger partial charge in [-0.25, -0.2) is 4.79 Å². The number of amides is 1. The SMILES string of the molecule is CC(C)c1ccc(C(O)(c2cnnc(O[C@H]3CCOC3)c2)C2(C)CN(C(=O)OC(C)(C)C)C2)cc1. The lowest BCUT2D eigenvalue weighted by Gasteiger charge is -2.56. The van der Waals surface area contributed by atoms with Gasteiger partial charge in [-0.05, 0) is 37.8 Å². The summed E-state index contributed by atoms with van der Waals surface area (Å²) >= 11 is 0. The Labute approximate surface area is 207 Å². The lowest BCUT2D eigenvalue weighted by molar-refractivity contribution is -0.131. The predicted molar refractivity (Wildman–Crippen MR) is 131 cm³/mol. The molecule has 2 atom stereocenters. The fourth-order valence-corrected chi connectivity index (χ4v) is 4.83. The lowest BCUT2D eigenvalue weighted by Crippen LogP contribution is -2.66. The summed E-state index contributed by atoms with van der Waals surface area (Å²) < 4.78 is 16.9. The molecule has 2 saturated heterocycles. The molecule has 1 amide bonds. The van der Waals surface area contributed by atoms with Crippen LogP contribution in [0, 0.1) is 5.41 Å². The minimum atomic E-state index is -1.43. The largest absolute Gasteiger partial charge is 0.471 e. The molecule has 8 nitrogen and oxygen atoms in total. The number of hydrogen-bond acceptors (Lipinski definition) is 7. The number of aromatic nitrogens is 2. The number of likely N-dealkylation sites (tertiary alicyclic amines) is 1. The van der Waals surface area contributed by atoms with E-state index in [-0.39, 0.29) is 12.2 Å². The normalized spacial score (nSPS) is 21.4. The number of ether oxygens (including phenoxy) is 3. The second-order valence-corrected chi connectivity index (χ2v) is 11.3. The van der Waals surface area contributed by atoms with Crippen molar-refractivity contribution in [3.63, 3.8) is 0 Å².